The molecule has 0 fully saturated rings. The van der Waals surface area contributed by atoms with Gasteiger partial charge in [-0.05, 0) is 68.5 Å². The molecule has 0 aromatic heterocycles. The molecule has 0 aliphatic rings. The van der Waals surface area contributed by atoms with E-state index < -0.39 is 0 Å². The van der Waals surface area contributed by atoms with Gasteiger partial charge in [-0.1, -0.05) is 31.2 Å². The minimum absolute atomic E-state index is 0. The summed E-state index contributed by atoms with van der Waals surface area (Å²) in [6.45, 7) is 11.9. The van der Waals surface area contributed by atoms with Crippen molar-refractivity contribution in [2.45, 2.75) is 46.6 Å². The number of carbonyl (C=O) groups is 1. The van der Waals surface area contributed by atoms with Crippen molar-refractivity contribution >= 4 is 35.8 Å². The second kappa shape index (κ2) is 15.5. The van der Waals surface area contributed by atoms with E-state index in [9.17, 15) is 4.79 Å². The summed E-state index contributed by atoms with van der Waals surface area (Å²) in [5.74, 6) is 2.20. The molecular formula is C26H39IN4O2. The molecule has 0 saturated carbocycles. The van der Waals surface area contributed by atoms with E-state index in [2.05, 4.69) is 36.6 Å². The lowest BCUT2D eigenvalue weighted by Gasteiger charge is -2.18. The number of hydrogen-bond donors (Lipinski definition) is 2. The van der Waals surface area contributed by atoms with Gasteiger partial charge < -0.3 is 20.3 Å². The first-order valence-corrected chi connectivity index (χ1v) is 11.6. The van der Waals surface area contributed by atoms with Crippen molar-refractivity contribution in [2.75, 3.05) is 33.3 Å². The summed E-state index contributed by atoms with van der Waals surface area (Å²) >= 11 is 0. The van der Waals surface area contributed by atoms with Crippen LogP contribution in [-0.2, 0) is 6.54 Å². The number of methoxy groups -OCH3 is 1. The third-order valence-corrected chi connectivity index (χ3v) is 5.57. The average Bonchev–Trinajstić information content (AvgIpc) is 2.83. The second-order valence-electron chi connectivity index (χ2n) is 7.76. The molecule has 0 spiro atoms. The quantitative estimate of drug-likeness (QED) is 0.227. The number of hydrogen-bond acceptors (Lipinski definition) is 3. The van der Waals surface area contributed by atoms with E-state index in [4.69, 9.17) is 9.73 Å². The Hall–Kier alpha value is -2.29. The van der Waals surface area contributed by atoms with Gasteiger partial charge in [-0.15, -0.1) is 24.0 Å². The molecule has 7 heteroatoms. The number of aliphatic imine (C=N–C) groups is 1. The van der Waals surface area contributed by atoms with Crippen LogP contribution >= 0.6 is 24.0 Å². The maximum atomic E-state index is 12.4. The number of rotatable bonds is 11. The summed E-state index contributed by atoms with van der Waals surface area (Å²) < 4.78 is 5.24. The third-order valence-electron chi connectivity index (χ3n) is 5.57. The molecule has 33 heavy (non-hydrogen) atoms. The van der Waals surface area contributed by atoms with Gasteiger partial charge in [0.2, 0.25) is 0 Å². The Balaban J connectivity index is 0.00000544. The zero-order valence-electron chi connectivity index (χ0n) is 20.6. The van der Waals surface area contributed by atoms with Gasteiger partial charge in [0.25, 0.3) is 5.91 Å². The Labute approximate surface area is 216 Å². The molecule has 182 valence electrons. The van der Waals surface area contributed by atoms with E-state index in [1.165, 1.54) is 5.56 Å². The van der Waals surface area contributed by atoms with Gasteiger partial charge in [-0.25, -0.2) is 4.99 Å². The molecule has 0 radical (unpaired) electrons. The summed E-state index contributed by atoms with van der Waals surface area (Å²) in [6.07, 6.45) is 0.999. The van der Waals surface area contributed by atoms with Gasteiger partial charge in [-0.3, -0.25) is 4.79 Å². The number of carbonyl (C=O) groups excluding carboxylic acids is 1. The Bertz CT molecular complexity index is 850. The van der Waals surface area contributed by atoms with Crippen LogP contribution in [0.2, 0.25) is 0 Å². The van der Waals surface area contributed by atoms with Gasteiger partial charge in [0.15, 0.2) is 5.96 Å². The molecule has 6 nitrogen and oxygen atoms in total. The predicted molar refractivity (Wildman–Crippen MR) is 148 cm³/mol. The average molecular weight is 567 g/mol. The van der Waals surface area contributed by atoms with Gasteiger partial charge in [0, 0.05) is 31.7 Å². The fraction of sp³-hybridized carbons (Fsp3) is 0.462. The van der Waals surface area contributed by atoms with Crippen LogP contribution < -0.4 is 15.4 Å². The highest BCUT2D eigenvalue weighted by molar-refractivity contribution is 14.0. The summed E-state index contributed by atoms with van der Waals surface area (Å²) in [6, 6.07) is 16.0. The second-order valence-corrected chi connectivity index (χ2v) is 7.76. The van der Waals surface area contributed by atoms with Gasteiger partial charge >= 0.3 is 0 Å². The van der Waals surface area contributed by atoms with Crippen molar-refractivity contribution in [2.24, 2.45) is 4.99 Å². The zero-order valence-corrected chi connectivity index (χ0v) is 22.9. The van der Waals surface area contributed by atoms with Crippen LogP contribution in [0.5, 0.6) is 5.75 Å². The number of guanidine groups is 1. The van der Waals surface area contributed by atoms with E-state index in [-0.39, 0.29) is 29.9 Å². The highest BCUT2D eigenvalue weighted by Gasteiger charge is 2.12. The number of amides is 1. The van der Waals surface area contributed by atoms with Gasteiger partial charge in [0.1, 0.15) is 5.75 Å². The van der Waals surface area contributed by atoms with Crippen LogP contribution in [0.25, 0.3) is 0 Å². The molecule has 1 amide bonds. The molecule has 2 rings (SSSR count). The lowest BCUT2D eigenvalue weighted by atomic mass is 9.98. The maximum Gasteiger partial charge on any atom is 0.253 e. The third kappa shape index (κ3) is 9.23. The van der Waals surface area contributed by atoms with Crippen molar-refractivity contribution in [1.29, 1.82) is 0 Å². The van der Waals surface area contributed by atoms with E-state index in [0.717, 1.165) is 55.4 Å². The van der Waals surface area contributed by atoms with E-state index in [1.54, 1.807) is 7.11 Å². The van der Waals surface area contributed by atoms with Crippen LogP contribution in [-0.4, -0.2) is 50.1 Å². The fourth-order valence-electron chi connectivity index (χ4n) is 3.46. The summed E-state index contributed by atoms with van der Waals surface area (Å²) in [4.78, 5) is 19.0. The topological polar surface area (TPSA) is 66.0 Å². The SMILES string of the molecule is CCNC(=NCc1ccc(C(=O)N(CC)CC)cc1)NCCC(C)c1ccc(OC)cc1.I. The van der Waals surface area contributed by atoms with E-state index >= 15 is 0 Å². The number of halogens is 1. The summed E-state index contributed by atoms with van der Waals surface area (Å²) in [5, 5.41) is 6.73. The van der Waals surface area contributed by atoms with Crippen LogP contribution in [0.3, 0.4) is 0 Å². The molecule has 0 saturated heterocycles. The minimum atomic E-state index is 0. The molecule has 1 atom stereocenters. The van der Waals surface area contributed by atoms with Gasteiger partial charge in [-0.2, -0.15) is 0 Å². The molecule has 0 aliphatic heterocycles. The highest BCUT2D eigenvalue weighted by Crippen LogP contribution is 2.21. The molecule has 0 aliphatic carbocycles. The van der Waals surface area contributed by atoms with Crippen LogP contribution in [0, 0.1) is 0 Å². The molecule has 0 heterocycles. The van der Waals surface area contributed by atoms with E-state index in [1.807, 2.05) is 55.1 Å². The monoisotopic (exact) mass is 566 g/mol. The smallest absolute Gasteiger partial charge is 0.253 e. The largest absolute Gasteiger partial charge is 0.497 e. The number of ether oxygens (including phenoxy) is 1. The first-order valence-electron chi connectivity index (χ1n) is 11.6. The summed E-state index contributed by atoms with van der Waals surface area (Å²) in [5.41, 5.74) is 3.10. The first kappa shape index (κ1) is 28.7. The van der Waals surface area contributed by atoms with Crippen molar-refractivity contribution in [3.8, 4) is 5.75 Å². The molecule has 2 aromatic carbocycles. The van der Waals surface area contributed by atoms with Crippen molar-refractivity contribution in [1.82, 2.24) is 15.5 Å². The number of benzene rings is 2. The Morgan fingerprint density at radius 3 is 2.18 bits per heavy atom. The lowest BCUT2D eigenvalue weighted by molar-refractivity contribution is 0.0773. The number of nitrogens with one attached hydrogen (secondary N) is 2. The van der Waals surface area contributed by atoms with Crippen molar-refractivity contribution < 1.29 is 9.53 Å². The predicted octanol–water partition coefficient (Wildman–Crippen LogP) is 5.04. The summed E-state index contributed by atoms with van der Waals surface area (Å²) in [7, 11) is 1.68. The van der Waals surface area contributed by atoms with E-state index in [0.29, 0.717) is 12.5 Å². The first-order chi connectivity index (χ1) is 15.5. The molecule has 0 bridgehead atoms. The van der Waals surface area contributed by atoms with Gasteiger partial charge in [0.05, 0.1) is 13.7 Å². The lowest BCUT2D eigenvalue weighted by Crippen LogP contribution is -2.38. The molecule has 1 unspecified atom stereocenters. The standard InChI is InChI=1S/C26H38N4O2.HI/c1-6-27-26(28-18-17-20(4)22-13-15-24(32-5)16-14-22)29-19-21-9-11-23(12-10-21)25(31)30(7-2)8-3;/h9-16,20H,6-8,17-19H2,1-5H3,(H2,27,28,29);1H. The Morgan fingerprint density at radius 2 is 1.64 bits per heavy atom. The highest BCUT2D eigenvalue weighted by atomic mass is 127. The molecule has 2 aromatic rings. The van der Waals surface area contributed by atoms with Crippen LogP contribution in [0.15, 0.2) is 53.5 Å². The maximum absolute atomic E-state index is 12.4. The molecular weight excluding hydrogens is 527 g/mol. The fourth-order valence-corrected chi connectivity index (χ4v) is 3.46. The van der Waals surface area contributed by atoms with Crippen molar-refractivity contribution in [3.63, 3.8) is 0 Å². The normalized spacial score (nSPS) is 11.8. The zero-order chi connectivity index (χ0) is 23.3. The van der Waals surface area contributed by atoms with Crippen molar-refractivity contribution in [3.05, 3.63) is 65.2 Å². The number of nitrogens with zero attached hydrogens (tertiary/aromatic N) is 2. The Morgan fingerprint density at radius 1 is 1.00 bits per heavy atom. The molecule has 2 N–H and O–H groups in total. The minimum Gasteiger partial charge on any atom is -0.497 e. The van der Waals surface area contributed by atoms with Crippen LogP contribution in [0.4, 0.5) is 0 Å². The van der Waals surface area contributed by atoms with Crippen LogP contribution in [0.1, 0.15) is 61.5 Å². The Kier molecular flexibility index (Phi) is 13.5.